The lowest BCUT2D eigenvalue weighted by molar-refractivity contribution is -0.139. The average Bonchev–Trinajstić information content (AvgIpc) is 3.30. The Hall–Kier alpha value is -3.77. The number of esters is 1. The highest BCUT2D eigenvalue weighted by Crippen LogP contribution is 2.35. The summed E-state index contributed by atoms with van der Waals surface area (Å²) in [5, 5.41) is 0. The van der Waals surface area contributed by atoms with Crippen molar-refractivity contribution in [2.24, 2.45) is 4.99 Å². The highest BCUT2D eigenvalue weighted by Gasteiger charge is 2.33. The summed E-state index contributed by atoms with van der Waals surface area (Å²) in [7, 11) is 0. The summed E-state index contributed by atoms with van der Waals surface area (Å²) >= 11 is 3.45. The summed E-state index contributed by atoms with van der Waals surface area (Å²) in [6.45, 7) is 10.5. The van der Waals surface area contributed by atoms with Gasteiger partial charge in [0.05, 0.1) is 38.6 Å². The molecule has 1 aliphatic heterocycles. The number of hydrogen-bond acceptors (Lipinski definition) is 7. The van der Waals surface area contributed by atoms with Crippen molar-refractivity contribution in [1.29, 1.82) is 0 Å². The molecule has 0 N–H and O–H groups in total. The highest BCUT2D eigenvalue weighted by molar-refractivity contribution is 14.1. The Morgan fingerprint density at radius 3 is 2.42 bits per heavy atom. The lowest BCUT2D eigenvalue weighted by atomic mass is 9.93. The number of ether oxygens (including phenoxy) is 3. The quantitative estimate of drug-likeness (QED) is 0.135. The van der Waals surface area contributed by atoms with Crippen molar-refractivity contribution in [1.82, 2.24) is 4.57 Å². The van der Waals surface area contributed by atoms with Crippen molar-refractivity contribution in [2.75, 3.05) is 13.2 Å². The number of allylic oxidation sites excluding steroid dienone is 1. The van der Waals surface area contributed by atoms with Crippen molar-refractivity contribution in [2.45, 2.75) is 53.2 Å². The summed E-state index contributed by atoms with van der Waals surface area (Å²) in [5.41, 5.74) is 4.16. The van der Waals surface area contributed by atoms with Crippen molar-refractivity contribution in [3.05, 3.63) is 123 Å². The minimum absolute atomic E-state index is 0.212. The molecule has 3 aromatic carbocycles. The minimum Gasteiger partial charge on any atom is -0.490 e. The van der Waals surface area contributed by atoms with E-state index in [0.29, 0.717) is 44.6 Å². The first-order chi connectivity index (χ1) is 21.6. The molecule has 1 unspecified atom stereocenters. The number of rotatable bonds is 10. The van der Waals surface area contributed by atoms with Gasteiger partial charge in [0.25, 0.3) is 5.56 Å². The summed E-state index contributed by atoms with van der Waals surface area (Å²) in [5.74, 6) is 0.652. The molecule has 2 heterocycles. The molecule has 0 bridgehead atoms. The second-order valence-corrected chi connectivity index (χ2v) is 13.0. The van der Waals surface area contributed by atoms with Gasteiger partial charge in [0.2, 0.25) is 0 Å². The van der Waals surface area contributed by atoms with Crippen LogP contribution in [0.4, 0.5) is 4.39 Å². The summed E-state index contributed by atoms with van der Waals surface area (Å²) in [6.07, 6.45) is 1.81. The SMILES string of the molecule is CCOC(=O)C1=C(C)N=c2s/c(=C/c3cc(I)c(OCc4ccc(F)cc4)c(OCC)c3)c(=O)n2C1c1ccc(C(C)C)cc1. The molecule has 0 saturated heterocycles. The van der Waals surface area contributed by atoms with E-state index in [4.69, 9.17) is 14.2 Å². The zero-order chi connectivity index (χ0) is 32.2. The molecule has 1 aromatic heterocycles. The van der Waals surface area contributed by atoms with Crippen LogP contribution in [-0.2, 0) is 16.1 Å². The van der Waals surface area contributed by atoms with Crippen LogP contribution in [0.5, 0.6) is 11.5 Å². The molecule has 4 aromatic rings. The summed E-state index contributed by atoms with van der Waals surface area (Å²) in [6, 6.07) is 17.2. The summed E-state index contributed by atoms with van der Waals surface area (Å²) in [4.78, 5) is 32.5. The molecular formula is C35H34FIN2O5S. The van der Waals surface area contributed by atoms with Crippen molar-refractivity contribution >= 4 is 46.0 Å². The van der Waals surface area contributed by atoms with Gasteiger partial charge in [0.1, 0.15) is 12.4 Å². The average molecular weight is 741 g/mol. The molecule has 0 aliphatic carbocycles. The maximum Gasteiger partial charge on any atom is 0.338 e. The highest BCUT2D eigenvalue weighted by atomic mass is 127. The number of hydrogen-bond donors (Lipinski definition) is 0. The van der Waals surface area contributed by atoms with Crippen LogP contribution in [0.3, 0.4) is 0 Å². The normalized spacial score (nSPS) is 14.8. The van der Waals surface area contributed by atoms with Crippen LogP contribution in [0.15, 0.2) is 81.7 Å². The van der Waals surface area contributed by atoms with E-state index in [2.05, 4.69) is 41.4 Å². The van der Waals surface area contributed by atoms with E-state index < -0.39 is 12.0 Å². The Morgan fingerprint density at radius 1 is 1.07 bits per heavy atom. The Morgan fingerprint density at radius 2 is 1.78 bits per heavy atom. The van der Waals surface area contributed by atoms with Crippen LogP contribution in [-0.4, -0.2) is 23.8 Å². The maximum absolute atomic E-state index is 14.1. The molecule has 10 heteroatoms. The smallest absolute Gasteiger partial charge is 0.338 e. The Balaban J connectivity index is 1.58. The zero-order valence-corrected chi connectivity index (χ0v) is 28.7. The van der Waals surface area contributed by atoms with Gasteiger partial charge in [-0.15, -0.1) is 0 Å². The third-order valence-electron chi connectivity index (χ3n) is 7.36. The Labute approximate surface area is 278 Å². The lowest BCUT2D eigenvalue weighted by Crippen LogP contribution is -2.39. The van der Waals surface area contributed by atoms with E-state index in [9.17, 15) is 14.0 Å². The third kappa shape index (κ3) is 7.06. The van der Waals surface area contributed by atoms with Crippen LogP contribution in [0, 0.1) is 9.39 Å². The molecule has 5 rings (SSSR count). The van der Waals surface area contributed by atoms with E-state index in [-0.39, 0.29) is 24.6 Å². The molecule has 1 atom stereocenters. The number of nitrogens with zero attached hydrogens (tertiary/aromatic N) is 2. The molecule has 7 nitrogen and oxygen atoms in total. The van der Waals surface area contributed by atoms with Crippen molar-refractivity contribution < 1.29 is 23.4 Å². The van der Waals surface area contributed by atoms with Crippen molar-refractivity contribution in [3.8, 4) is 11.5 Å². The predicted octanol–water partition coefficient (Wildman–Crippen LogP) is 6.64. The first kappa shape index (κ1) is 32.6. The Bertz CT molecular complexity index is 1930. The third-order valence-corrected chi connectivity index (χ3v) is 9.15. The molecule has 0 saturated carbocycles. The van der Waals surface area contributed by atoms with Crippen LogP contribution in [0.25, 0.3) is 6.08 Å². The van der Waals surface area contributed by atoms with Gasteiger partial charge in [0.15, 0.2) is 16.3 Å². The monoisotopic (exact) mass is 740 g/mol. The maximum atomic E-state index is 14.1. The van der Waals surface area contributed by atoms with Gasteiger partial charge in [-0.2, -0.15) is 0 Å². The second kappa shape index (κ2) is 14.1. The largest absolute Gasteiger partial charge is 0.490 e. The van der Waals surface area contributed by atoms with Gasteiger partial charge >= 0.3 is 5.97 Å². The fourth-order valence-electron chi connectivity index (χ4n) is 5.13. The van der Waals surface area contributed by atoms with E-state index in [1.165, 1.54) is 23.5 Å². The number of halogens is 2. The molecule has 0 amide bonds. The lowest BCUT2D eigenvalue weighted by Gasteiger charge is -2.25. The van der Waals surface area contributed by atoms with Crippen LogP contribution < -0.4 is 24.4 Å². The van der Waals surface area contributed by atoms with E-state index in [0.717, 1.165) is 25.8 Å². The van der Waals surface area contributed by atoms with Gasteiger partial charge in [-0.05, 0) is 102 Å². The van der Waals surface area contributed by atoms with Crippen LogP contribution in [0.1, 0.15) is 68.8 Å². The fraction of sp³-hybridized carbons (Fsp3) is 0.286. The fourth-order valence-corrected chi connectivity index (χ4v) is 6.96. The van der Waals surface area contributed by atoms with Crippen LogP contribution >= 0.6 is 33.9 Å². The zero-order valence-electron chi connectivity index (χ0n) is 25.7. The van der Waals surface area contributed by atoms with Crippen molar-refractivity contribution in [3.63, 3.8) is 0 Å². The first-order valence-electron chi connectivity index (χ1n) is 14.7. The topological polar surface area (TPSA) is 79.1 Å². The first-order valence-corrected chi connectivity index (χ1v) is 16.6. The van der Waals surface area contributed by atoms with E-state index in [1.54, 1.807) is 36.6 Å². The number of fused-ring (bicyclic) bond motifs is 1. The molecule has 0 fully saturated rings. The molecule has 0 radical (unpaired) electrons. The number of carbonyl (C=O) groups is 1. The minimum atomic E-state index is -0.676. The number of benzene rings is 3. The summed E-state index contributed by atoms with van der Waals surface area (Å²) < 4.78 is 33.6. The van der Waals surface area contributed by atoms with E-state index >= 15 is 0 Å². The van der Waals surface area contributed by atoms with Gasteiger partial charge in [-0.3, -0.25) is 9.36 Å². The number of thiazole rings is 1. The molecule has 0 spiro atoms. The second-order valence-electron chi connectivity index (χ2n) is 10.8. The molecular weight excluding hydrogens is 706 g/mol. The standard InChI is InChI=1S/C35H34FIN2O5S/c1-6-42-28-17-23(16-27(37)32(28)44-19-22-8-14-26(36)15-9-22)18-29-33(40)39-31(25-12-10-24(11-13-25)20(3)4)30(34(41)43-7-2)21(5)38-35(39)45-29/h8-18,20,31H,6-7,19H2,1-5H3/b29-18+. The predicted molar refractivity (Wildman–Crippen MR) is 182 cm³/mol. The molecule has 45 heavy (non-hydrogen) atoms. The number of aromatic nitrogens is 1. The molecule has 234 valence electrons. The van der Waals surface area contributed by atoms with E-state index in [1.807, 2.05) is 43.3 Å². The van der Waals surface area contributed by atoms with Gasteiger partial charge in [-0.1, -0.05) is 61.6 Å². The van der Waals surface area contributed by atoms with Gasteiger partial charge < -0.3 is 14.2 Å². The van der Waals surface area contributed by atoms with Gasteiger partial charge in [-0.25, -0.2) is 14.2 Å². The Kier molecular flexibility index (Phi) is 10.2. The van der Waals surface area contributed by atoms with Gasteiger partial charge in [0, 0.05) is 0 Å². The molecule has 1 aliphatic rings. The van der Waals surface area contributed by atoms with Crippen LogP contribution in [0.2, 0.25) is 0 Å². The number of carbonyl (C=O) groups excluding carboxylic acids is 1.